The van der Waals surface area contributed by atoms with Crippen molar-refractivity contribution in [3.8, 4) is 0 Å². The Balaban J connectivity index is 2.33. The zero-order valence-corrected chi connectivity index (χ0v) is 11.9. The molecule has 1 rings (SSSR count). The molecule has 0 radical (unpaired) electrons. The Bertz CT molecular complexity index is 309. The van der Waals surface area contributed by atoms with E-state index in [0.29, 0.717) is 6.61 Å². The van der Waals surface area contributed by atoms with Crippen LogP contribution in [0.1, 0.15) is 26.6 Å². The first kappa shape index (κ1) is 13.7. The molecule has 16 heavy (non-hydrogen) atoms. The van der Waals surface area contributed by atoms with Crippen LogP contribution in [-0.2, 0) is 10.5 Å². The van der Waals surface area contributed by atoms with Crippen LogP contribution >= 0.6 is 23.3 Å². The lowest BCUT2D eigenvalue weighted by atomic mass is 10.3. The number of hydrogen-bond donors (Lipinski definition) is 1. The molecule has 6 heteroatoms. The molecule has 0 aliphatic heterocycles. The predicted molar refractivity (Wildman–Crippen MR) is 71.3 cm³/mol. The van der Waals surface area contributed by atoms with E-state index in [0.717, 1.165) is 23.3 Å². The fourth-order valence-electron chi connectivity index (χ4n) is 0.925. The zero-order valence-electron chi connectivity index (χ0n) is 10.2. The van der Waals surface area contributed by atoms with Gasteiger partial charge in [0.25, 0.3) is 0 Å². The monoisotopic (exact) mass is 261 g/mol. The number of thioether (sulfide) groups is 1. The van der Waals surface area contributed by atoms with Crippen LogP contribution in [0.4, 0.5) is 5.13 Å². The predicted octanol–water partition coefficient (Wildman–Crippen LogP) is 2.63. The molecule has 4 nitrogen and oxygen atoms in total. The summed E-state index contributed by atoms with van der Waals surface area (Å²) in [5.41, 5.74) is 0. The molecule has 0 aliphatic rings. The van der Waals surface area contributed by atoms with Crippen molar-refractivity contribution in [3.05, 3.63) is 5.82 Å². The van der Waals surface area contributed by atoms with Gasteiger partial charge in [-0.1, -0.05) is 20.8 Å². The van der Waals surface area contributed by atoms with Crippen molar-refractivity contribution < 1.29 is 4.74 Å². The molecule has 0 aliphatic carbocycles. The molecule has 0 saturated carbocycles. The summed E-state index contributed by atoms with van der Waals surface area (Å²) in [6.45, 7) is 8.05. The highest BCUT2D eigenvalue weighted by Crippen LogP contribution is 2.27. The lowest BCUT2D eigenvalue weighted by Gasteiger charge is -2.15. The van der Waals surface area contributed by atoms with E-state index in [1.807, 2.05) is 11.8 Å². The second-order valence-corrected chi connectivity index (χ2v) is 6.89. The van der Waals surface area contributed by atoms with E-state index in [4.69, 9.17) is 4.74 Å². The molecule has 0 bridgehead atoms. The summed E-state index contributed by atoms with van der Waals surface area (Å²) in [5, 5.41) is 4.05. The summed E-state index contributed by atoms with van der Waals surface area (Å²) in [4.78, 5) is 4.41. The summed E-state index contributed by atoms with van der Waals surface area (Å²) in [6, 6.07) is 0. The Morgan fingerprint density at radius 2 is 2.19 bits per heavy atom. The van der Waals surface area contributed by atoms with E-state index >= 15 is 0 Å². The van der Waals surface area contributed by atoms with Gasteiger partial charge in [0.05, 0.1) is 12.4 Å². The van der Waals surface area contributed by atoms with E-state index in [1.165, 1.54) is 11.5 Å². The number of ether oxygens (including phenoxy) is 1. The van der Waals surface area contributed by atoms with Gasteiger partial charge in [-0.05, 0) is 0 Å². The molecule has 0 fully saturated rings. The van der Waals surface area contributed by atoms with Crippen LogP contribution in [0.2, 0.25) is 0 Å². The molecule has 92 valence electrons. The Kier molecular flexibility index (Phi) is 5.51. The second kappa shape index (κ2) is 6.42. The highest BCUT2D eigenvalue weighted by Gasteiger charge is 2.12. The minimum Gasteiger partial charge on any atom is -0.383 e. The zero-order chi connectivity index (χ0) is 12.0. The van der Waals surface area contributed by atoms with E-state index in [-0.39, 0.29) is 4.75 Å². The van der Waals surface area contributed by atoms with Gasteiger partial charge in [0.2, 0.25) is 5.13 Å². The van der Waals surface area contributed by atoms with Crippen molar-refractivity contribution in [1.29, 1.82) is 0 Å². The van der Waals surface area contributed by atoms with E-state index in [1.54, 1.807) is 7.11 Å². The molecule has 0 unspecified atom stereocenters. The Morgan fingerprint density at radius 3 is 2.81 bits per heavy atom. The molecular weight excluding hydrogens is 242 g/mol. The number of nitrogens with one attached hydrogen (secondary N) is 1. The van der Waals surface area contributed by atoms with Crippen LogP contribution < -0.4 is 5.32 Å². The average molecular weight is 261 g/mol. The van der Waals surface area contributed by atoms with E-state index < -0.39 is 0 Å². The van der Waals surface area contributed by atoms with Crippen LogP contribution in [-0.4, -0.2) is 34.4 Å². The van der Waals surface area contributed by atoms with Crippen LogP contribution in [0, 0.1) is 0 Å². The van der Waals surface area contributed by atoms with Crippen molar-refractivity contribution in [2.75, 3.05) is 25.6 Å². The largest absolute Gasteiger partial charge is 0.383 e. The smallest absolute Gasteiger partial charge is 0.202 e. The molecule has 0 atom stereocenters. The van der Waals surface area contributed by atoms with Crippen molar-refractivity contribution in [2.45, 2.75) is 31.3 Å². The third-order valence-corrected chi connectivity index (χ3v) is 3.66. The van der Waals surface area contributed by atoms with Crippen molar-refractivity contribution in [2.24, 2.45) is 0 Å². The van der Waals surface area contributed by atoms with Gasteiger partial charge in [-0.15, -0.1) is 11.8 Å². The number of methoxy groups -OCH3 is 1. The fourth-order valence-corrected chi connectivity index (χ4v) is 2.31. The topological polar surface area (TPSA) is 47.0 Å². The van der Waals surface area contributed by atoms with Gasteiger partial charge in [0.15, 0.2) is 5.82 Å². The average Bonchev–Trinajstić information content (AvgIpc) is 2.62. The van der Waals surface area contributed by atoms with Gasteiger partial charge >= 0.3 is 0 Å². The highest BCUT2D eigenvalue weighted by atomic mass is 32.2. The Morgan fingerprint density at radius 1 is 1.44 bits per heavy atom. The maximum absolute atomic E-state index is 4.95. The Labute approximate surface area is 105 Å². The first-order valence-electron chi connectivity index (χ1n) is 5.20. The van der Waals surface area contributed by atoms with Crippen LogP contribution in [0.25, 0.3) is 0 Å². The minimum absolute atomic E-state index is 0.259. The number of anilines is 1. The number of hydrogen-bond acceptors (Lipinski definition) is 6. The van der Waals surface area contributed by atoms with Gasteiger partial charge in [0, 0.05) is 29.9 Å². The van der Waals surface area contributed by atoms with E-state index in [9.17, 15) is 0 Å². The molecule has 0 aromatic carbocycles. The second-order valence-electron chi connectivity index (χ2n) is 4.34. The molecule has 0 amide bonds. The van der Waals surface area contributed by atoms with Crippen molar-refractivity contribution in [1.82, 2.24) is 9.36 Å². The van der Waals surface area contributed by atoms with Gasteiger partial charge in [-0.2, -0.15) is 4.37 Å². The van der Waals surface area contributed by atoms with Gasteiger partial charge in [0.1, 0.15) is 0 Å². The van der Waals surface area contributed by atoms with Crippen molar-refractivity contribution in [3.63, 3.8) is 0 Å². The highest BCUT2D eigenvalue weighted by molar-refractivity contribution is 7.99. The van der Waals surface area contributed by atoms with Gasteiger partial charge in [-0.25, -0.2) is 4.98 Å². The van der Waals surface area contributed by atoms with E-state index in [2.05, 4.69) is 35.4 Å². The van der Waals surface area contributed by atoms with Gasteiger partial charge in [-0.3, -0.25) is 0 Å². The number of rotatable bonds is 6. The van der Waals surface area contributed by atoms with Gasteiger partial charge < -0.3 is 10.1 Å². The fraction of sp³-hybridized carbons (Fsp3) is 0.800. The molecule has 1 heterocycles. The maximum atomic E-state index is 4.95. The third-order valence-electron chi connectivity index (χ3n) is 1.68. The number of nitrogens with zero attached hydrogens (tertiary/aromatic N) is 2. The lowest BCUT2D eigenvalue weighted by Crippen LogP contribution is -2.08. The molecule has 1 aromatic heterocycles. The molecule has 1 aromatic rings. The Hall–Kier alpha value is -0.330. The van der Waals surface area contributed by atoms with Crippen molar-refractivity contribution >= 4 is 28.4 Å². The number of aromatic nitrogens is 2. The summed E-state index contributed by atoms with van der Waals surface area (Å²) in [5.74, 6) is 1.77. The normalized spacial score (nSPS) is 11.8. The lowest BCUT2D eigenvalue weighted by molar-refractivity contribution is 0.211. The SMILES string of the molecule is COCCNc1nc(CSC(C)(C)C)ns1. The standard InChI is InChI=1S/C10H19N3OS2/c1-10(2,3)15-7-8-12-9(16-13-8)11-5-6-14-4/h5-7H2,1-4H3,(H,11,12,13). The first-order chi connectivity index (χ1) is 7.51. The maximum Gasteiger partial charge on any atom is 0.202 e. The first-order valence-corrected chi connectivity index (χ1v) is 6.96. The quantitative estimate of drug-likeness (QED) is 0.798. The summed E-state index contributed by atoms with van der Waals surface area (Å²) in [7, 11) is 1.69. The molecule has 1 N–H and O–H groups in total. The molecule has 0 spiro atoms. The third kappa shape index (κ3) is 5.67. The van der Waals surface area contributed by atoms with Crippen LogP contribution in [0.15, 0.2) is 0 Å². The minimum atomic E-state index is 0.259. The van der Waals surface area contributed by atoms with Crippen LogP contribution in [0.5, 0.6) is 0 Å². The summed E-state index contributed by atoms with van der Waals surface area (Å²) >= 11 is 3.27. The molecular formula is C10H19N3OS2. The summed E-state index contributed by atoms with van der Waals surface area (Å²) in [6.07, 6.45) is 0. The van der Waals surface area contributed by atoms with Crippen LogP contribution in [0.3, 0.4) is 0 Å². The summed E-state index contributed by atoms with van der Waals surface area (Å²) < 4.78 is 9.52. The molecule has 0 saturated heterocycles.